The van der Waals surface area contributed by atoms with Crippen molar-refractivity contribution in [2.24, 2.45) is 11.8 Å². The van der Waals surface area contributed by atoms with Gasteiger partial charge in [0, 0.05) is 39.4 Å². The minimum Gasteiger partial charge on any atom is -0.462 e. The molecule has 0 aromatic heterocycles. The molecule has 30 heavy (non-hydrogen) atoms. The van der Waals surface area contributed by atoms with E-state index in [1.807, 2.05) is 6.92 Å². The van der Waals surface area contributed by atoms with Gasteiger partial charge in [-0.1, -0.05) is 17.7 Å². The van der Waals surface area contributed by atoms with E-state index < -0.39 is 28.1 Å². The fourth-order valence-electron chi connectivity index (χ4n) is 3.50. The van der Waals surface area contributed by atoms with Crippen LogP contribution in [0, 0.1) is 18.8 Å². The topological polar surface area (TPSA) is 107 Å². The Labute approximate surface area is 177 Å². The lowest BCUT2D eigenvalue weighted by molar-refractivity contribution is -0.149. The molecule has 1 aliphatic carbocycles. The van der Waals surface area contributed by atoms with Gasteiger partial charge < -0.3 is 23.7 Å². The summed E-state index contributed by atoms with van der Waals surface area (Å²) in [5.74, 6) is -1.20. The van der Waals surface area contributed by atoms with Gasteiger partial charge in [0.1, 0.15) is 19.7 Å². The highest BCUT2D eigenvalue weighted by Crippen LogP contribution is 2.38. The van der Waals surface area contributed by atoms with Gasteiger partial charge in [-0.15, -0.1) is 0 Å². The van der Waals surface area contributed by atoms with E-state index in [2.05, 4.69) is 0 Å². The second kappa shape index (κ2) is 11.7. The van der Waals surface area contributed by atoms with E-state index in [4.69, 9.17) is 27.9 Å². The van der Waals surface area contributed by atoms with Crippen LogP contribution in [0.1, 0.15) is 18.9 Å². The van der Waals surface area contributed by atoms with E-state index in [9.17, 15) is 13.2 Å². The van der Waals surface area contributed by atoms with Crippen molar-refractivity contribution in [1.82, 2.24) is 0 Å². The Hall–Kier alpha value is -1.56. The molecule has 0 amide bonds. The average molecular weight is 447 g/mol. The first-order valence-corrected chi connectivity index (χ1v) is 11.0. The summed E-state index contributed by atoms with van der Waals surface area (Å²) < 4.78 is 57.2. The SMILES string of the molecule is COCOC[C@H]1[C@H](COS(=O)(=O)c2ccc(C)cc2)[C@H](OC(C)=O)C[C@@H]1OCOC. The molecule has 9 nitrogen and oxygen atoms in total. The molecular weight excluding hydrogens is 416 g/mol. The molecular formula is C20H30O9S. The highest BCUT2D eigenvalue weighted by atomic mass is 32.2. The number of carbonyl (C=O) groups excluding carboxylic acids is 1. The Balaban J connectivity index is 2.17. The summed E-state index contributed by atoms with van der Waals surface area (Å²) in [5.41, 5.74) is 0.938. The Morgan fingerprint density at radius 2 is 1.63 bits per heavy atom. The lowest BCUT2D eigenvalue weighted by Gasteiger charge is -2.26. The number of hydrogen-bond donors (Lipinski definition) is 0. The van der Waals surface area contributed by atoms with Crippen LogP contribution in [0.25, 0.3) is 0 Å². The highest BCUT2D eigenvalue weighted by Gasteiger charge is 2.46. The number of benzene rings is 1. The smallest absolute Gasteiger partial charge is 0.302 e. The summed E-state index contributed by atoms with van der Waals surface area (Å²) in [4.78, 5) is 11.7. The quantitative estimate of drug-likeness (QED) is 0.206. The largest absolute Gasteiger partial charge is 0.462 e. The van der Waals surface area contributed by atoms with Crippen molar-refractivity contribution in [3.05, 3.63) is 29.8 Å². The van der Waals surface area contributed by atoms with Gasteiger partial charge in [-0.2, -0.15) is 8.42 Å². The van der Waals surface area contributed by atoms with Crippen molar-refractivity contribution in [1.29, 1.82) is 0 Å². The van der Waals surface area contributed by atoms with Crippen molar-refractivity contribution in [2.45, 2.75) is 37.4 Å². The minimum absolute atomic E-state index is 0.0491. The number of hydrogen-bond acceptors (Lipinski definition) is 9. The number of ether oxygens (including phenoxy) is 5. The van der Waals surface area contributed by atoms with Crippen LogP contribution in [-0.2, 0) is 42.8 Å². The Kier molecular flexibility index (Phi) is 9.66. The van der Waals surface area contributed by atoms with Gasteiger partial charge in [-0.25, -0.2) is 0 Å². The molecule has 1 saturated carbocycles. The van der Waals surface area contributed by atoms with E-state index >= 15 is 0 Å². The molecule has 0 heterocycles. The Morgan fingerprint density at radius 1 is 1.00 bits per heavy atom. The van der Waals surface area contributed by atoms with Crippen molar-refractivity contribution < 1.29 is 41.1 Å². The lowest BCUT2D eigenvalue weighted by Crippen LogP contribution is -2.33. The molecule has 0 spiro atoms. The van der Waals surface area contributed by atoms with E-state index in [-0.39, 0.29) is 43.7 Å². The van der Waals surface area contributed by atoms with Crippen molar-refractivity contribution >= 4 is 16.1 Å². The molecule has 0 aliphatic heterocycles. The van der Waals surface area contributed by atoms with E-state index in [0.29, 0.717) is 6.42 Å². The Morgan fingerprint density at radius 3 is 2.23 bits per heavy atom. The zero-order valence-electron chi connectivity index (χ0n) is 17.7. The third-order valence-electron chi connectivity index (χ3n) is 4.92. The molecule has 2 rings (SSSR count). The van der Waals surface area contributed by atoms with E-state index in [0.717, 1.165) is 5.56 Å². The second-order valence-corrected chi connectivity index (χ2v) is 8.77. The van der Waals surface area contributed by atoms with Gasteiger partial charge >= 0.3 is 5.97 Å². The number of rotatable bonds is 12. The zero-order chi connectivity index (χ0) is 22.1. The van der Waals surface area contributed by atoms with Crippen LogP contribution >= 0.6 is 0 Å². The summed E-state index contributed by atoms with van der Waals surface area (Å²) in [6.45, 7) is 3.33. The number of carbonyl (C=O) groups is 1. The normalized spacial score (nSPS) is 24.1. The lowest BCUT2D eigenvalue weighted by atomic mass is 9.95. The van der Waals surface area contributed by atoms with Gasteiger partial charge in [0.05, 0.1) is 24.2 Å². The Bertz CT molecular complexity index is 763. The van der Waals surface area contributed by atoms with Crippen LogP contribution in [0.4, 0.5) is 0 Å². The predicted octanol–water partition coefficient (Wildman–Crippen LogP) is 1.88. The van der Waals surface area contributed by atoms with Crippen molar-refractivity contribution in [3.63, 3.8) is 0 Å². The molecule has 0 radical (unpaired) electrons. The first kappa shape index (κ1) is 24.7. The molecule has 10 heteroatoms. The van der Waals surface area contributed by atoms with Crippen LogP contribution in [-0.4, -0.2) is 67.6 Å². The van der Waals surface area contributed by atoms with Crippen molar-refractivity contribution in [3.8, 4) is 0 Å². The van der Waals surface area contributed by atoms with E-state index in [1.165, 1.54) is 33.3 Å². The monoisotopic (exact) mass is 446 g/mol. The van der Waals surface area contributed by atoms with Gasteiger partial charge in [-0.3, -0.25) is 8.98 Å². The van der Waals surface area contributed by atoms with Crippen LogP contribution in [0.5, 0.6) is 0 Å². The molecule has 170 valence electrons. The maximum atomic E-state index is 12.6. The number of methoxy groups -OCH3 is 2. The summed E-state index contributed by atoms with van der Waals surface area (Å²) in [6, 6.07) is 6.38. The molecule has 1 fully saturated rings. The summed E-state index contributed by atoms with van der Waals surface area (Å²) in [6.07, 6.45) is -0.557. The van der Waals surface area contributed by atoms with Gasteiger partial charge in [-0.05, 0) is 19.1 Å². The van der Waals surface area contributed by atoms with Gasteiger partial charge in [0.15, 0.2) is 0 Å². The molecule has 1 aromatic carbocycles. The van der Waals surface area contributed by atoms with Crippen LogP contribution in [0.3, 0.4) is 0 Å². The van der Waals surface area contributed by atoms with Crippen LogP contribution in [0.15, 0.2) is 29.2 Å². The second-order valence-electron chi connectivity index (χ2n) is 7.15. The molecule has 0 saturated heterocycles. The maximum Gasteiger partial charge on any atom is 0.302 e. The van der Waals surface area contributed by atoms with Crippen LogP contribution < -0.4 is 0 Å². The van der Waals surface area contributed by atoms with E-state index in [1.54, 1.807) is 12.1 Å². The van der Waals surface area contributed by atoms with Crippen LogP contribution in [0.2, 0.25) is 0 Å². The van der Waals surface area contributed by atoms with Gasteiger partial charge in [0.2, 0.25) is 0 Å². The summed E-state index contributed by atoms with van der Waals surface area (Å²) in [5, 5.41) is 0. The maximum absolute atomic E-state index is 12.6. The standard InChI is InChI=1S/C20H30O9S/c1-14-5-7-16(8-6-14)30(22,23)28-11-18-17(10-26-12-24-3)19(27-13-25-4)9-20(18)29-15(2)21/h5-8,17-20H,9-13H2,1-4H3/t17-,18-,19-,20+/m0/s1. The van der Waals surface area contributed by atoms with Gasteiger partial charge in [0.25, 0.3) is 10.1 Å². The third kappa shape index (κ3) is 7.00. The number of aryl methyl sites for hydroxylation is 1. The molecule has 4 atom stereocenters. The zero-order valence-corrected chi connectivity index (χ0v) is 18.6. The summed E-state index contributed by atoms with van der Waals surface area (Å²) in [7, 11) is -0.963. The number of esters is 1. The summed E-state index contributed by atoms with van der Waals surface area (Å²) >= 11 is 0. The predicted molar refractivity (Wildman–Crippen MR) is 106 cm³/mol. The third-order valence-corrected chi connectivity index (χ3v) is 6.22. The molecule has 0 unspecified atom stereocenters. The molecule has 1 aromatic rings. The first-order valence-electron chi connectivity index (χ1n) is 9.59. The minimum atomic E-state index is -3.97. The van der Waals surface area contributed by atoms with Crippen molar-refractivity contribution in [2.75, 3.05) is 41.0 Å². The molecule has 0 N–H and O–H groups in total. The molecule has 1 aliphatic rings. The fourth-order valence-corrected chi connectivity index (χ4v) is 4.44. The molecule has 0 bridgehead atoms. The first-order chi connectivity index (χ1) is 14.3. The fraction of sp³-hybridized carbons (Fsp3) is 0.650. The average Bonchev–Trinajstić information content (AvgIpc) is 3.01. The highest BCUT2D eigenvalue weighted by molar-refractivity contribution is 7.86.